The van der Waals surface area contributed by atoms with E-state index in [1.807, 2.05) is 6.07 Å². The molecule has 0 atom stereocenters. The van der Waals surface area contributed by atoms with Gasteiger partial charge in [0.05, 0.1) is 6.33 Å². The standard InChI is InChI=1S/C10H10N6/c11-5-9-10(15-4-3-13-9)14-2-1-8-6-12-7-16-8/h3-4,6-7H,1-2H2,(H,12,16)(H,14,15). The molecule has 0 radical (unpaired) electrons. The van der Waals surface area contributed by atoms with Crippen LogP contribution in [0.15, 0.2) is 24.9 Å². The maximum absolute atomic E-state index is 8.79. The molecule has 16 heavy (non-hydrogen) atoms. The van der Waals surface area contributed by atoms with Crippen LogP contribution in [0.3, 0.4) is 0 Å². The molecular formula is C10H10N6. The van der Waals surface area contributed by atoms with Gasteiger partial charge in [0.1, 0.15) is 6.07 Å². The number of H-pyrrole nitrogens is 1. The largest absolute Gasteiger partial charge is 0.367 e. The average molecular weight is 214 g/mol. The third kappa shape index (κ3) is 2.33. The highest BCUT2D eigenvalue weighted by atomic mass is 15.0. The molecule has 0 bridgehead atoms. The van der Waals surface area contributed by atoms with Gasteiger partial charge < -0.3 is 10.3 Å². The molecule has 6 heteroatoms. The van der Waals surface area contributed by atoms with Crippen LogP contribution in [-0.4, -0.2) is 26.5 Å². The van der Waals surface area contributed by atoms with Gasteiger partial charge in [-0.15, -0.1) is 0 Å². The highest BCUT2D eigenvalue weighted by Crippen LogP contribution is 2.06. The van der Waals surface area contributed by atoms with Gasteiger partial charge in [0.25, 0.3) is 0 Å². The molecule has 0 amide bonds. The Bertz CT molecular complexity index is 484. The molecule has 80 valence electrons. The van der Waals surface area contributed by atoms with E-state index in [1.165, 1.54) is 6.20 Å². The molecule has 2 aromatic heterocycles. The van der Waals surface area contributed by atoms with Gasteiger partial charge in [-0.1, -0.05) is 0 Å². The van der Waals surface area contributed by atoms with Gasteiger partial charge in [-0.2, -0.15) is 5.26 Å². The molecule has 2 rings (SSSR count). The van der Waals surface area contributed by atoms with E-state index in [9.17, 15) is 0 Å². The summed E-state index contributed by atoms with van der Waals surface area (Å²) in [5.41, 5.74) is 1.35. The Balaban J connectivity index is 1.93. The maximum Gasteiger partial charge on any atom is 0.182 e. The molecule has 2 heterocycles. The number of nitriles is 1. The zero-order valence-corrected chi connectivity index (χ0v) is 8.51. The van der Waals surface area contributed by atoms with Crippen LogP contribution in [0.25, 0.3) is 0 Å². The summed E-state index contributed by atoms with van der Waals surface area (Å²) in [6.07, 6.45) is 7.25. The van der Waals surface area contributed by atoms with Crippen LogP contribution >= 0.6 is 0 Å². The highest BCUT2D eigenvalue weighted by Gasteiger charge is 2.02. The quantitative estimate of drug-likeness (QED) is 0.782. The van der Waals surface area contributed by atoms with Crippen molar-refractivity contribution in [1.29, 1.82) is 5.26 Å². The topological polar surface area (TPSA) is 90.3 Å². The first kappa shape index (κ1) is 10.1. The summed E-state index contributed by atoms with van der Waals surface area (Å²) in [5, 5.41) is 11.9. The summed E-state index contributed by atoms with van der Waals surface area (Å²) in [5.74, 6) is 0.518. The van der Waals surface area contributed by atoms with E-state index >= 15 is 0 Å². The molecule has 0 aliphatic carbocycles. The number of imidazole rings is 1. The second-order valence-corrected chi connectivity index (χ2v) is 3.12. The van der Waals surface area contributed by atoms with Gasteiger partial charge in [-0.25, -0.2) is 15.0 Å². The van der Waals surface area contributed by atoms with Crippen LogP contribution in [0, 0.1) is 11.3 Å². The number of nitrogens with one attached hydrogen (secondary N) is 2. The Hall–Kier alpha value is -2.42. The lowest BCUT2D eigenvalue weighted by atomic mass is 10.3. The number of aromatic amines is 1. The molecule has 0 aromatic carbocycles. The van der Waals surface area contributed by atoms with Crippen LogP contribution < -0.4 is 5.32 Å². The number of nitrogens with zero attached hydrogens (tertiary/aromatic N) is 4. The number of hydrogen-bond donors (Lipinski definition) is 2. The molecule has 0 spiro atoms. The summed E-state index contributed by atoms with van der Waals surface area (Å²) in [7, 11) is 0. The first-order valence-corrected chi connectivity index (χ1v) is 4.82. The van der Waals surface area contributed by atoms with Gasteiger partial charge in [0.2, 0.25) is 0 Å². The first-order chi connectivity index (χ1) is 7.90. The molecule has 0 fully saturated rings. The normalized spacial score (nSPS) is 9.69. The van der Waals surface area contributed by atoms with Crippen molar-refractivity contribution in [2.75, 3.05) is 11.9 Å². The molecule has 0 aliphatic rings. The van der Waals surface area contributed by atoms with Crippen LogP contribution in [0.4, 0.5) is 5.82 Å². The van der Waals surface area contributed by atoms with E-state index in [-0.39, 0.29) is 0 Å². The Morgan fingerprint density at radius 3 is 3.00 bits per heavy atom. The van der Waals surface area contributed by atoms with Crippen molar-refractivity contribution in [3.8, 4) is 6.07 Å². The molecular weight excluding hydrogens is 204 g/mol. The van der Waals surface area contributed by atoms with Gasteiger partial charge in [0, 0.05) is 37.3 Å². The summed E-state index contributed by atoms with van der Waals surface area (Å²) >= 11 is 0. The van der Waals surface area contributed by atoms with Crippen molar-refractivity contribution in [3.05, 3.63) is 36.3 Å². The smallest absolute Gasteiger partial charge is 0.182 e. The van der Waals surface area contributed by atoms with Gasteiger partial charge in [-0.3, -0.25) is 0 Å². The molecule has 0 unspecified atom stereocenters. The summed E-state index contributed by atoms with van der Waals surface area (Å²) in [6, 6.07) is 1.98. The zero-order valence-electron chi connectivity index (χ0n) is 8.51. The van der Waals surface area contributed by atoms with E-state index in [0.717, 1.165) is 12.1 Å². The Morgan fingerprint density at radius 1 is 1.38 bits per heavy atom. The summed E-state index contributed by atoms with van der Waals surface area (Å²) < 4.78 is 0. The third-order valence-corrected chi connectivity index (χ3v) is 2.05. The minimum Gasteiger partial charge on any atom is -0.367 e. The van der Waals surface area contributed by atoms with Crippen molar-refractivity contribution in [2.45, 2.75) is 6.42 Å². The van der Waals surface area contributed by atoms with E-state index < -0.39 is 0 Å². The fourth-order valence-electron chi connectivity index (χ4n) is 1.29. The molecule has 6 nitrogen and oxygen atoms in total. The predicted octanol–water partition coefficient (Wildman–Crippen LogP) is 0.726. The van der Waals surface area contributed by atoms with Crippen molar-refractivity contribution < 1.29 is 0 Å². The van der Waals surface area contributed by atoms with Gasteiger partial charge in [0.15, 0.2) is 11.5 Å². The van der Waals surface area contributed by atoms with Crippen LogP contribution in [0.2, 0.25) is 0 Å². The third-order valence-electron chi connectivity index (χ3n) is 2.05. The number of rotatable bonds is 4. The lowest BCUT2D eigenvalue weighted by Gasteiger charge is -2.04. The Morgan fingerprint density at radius 2 is 2.25 bits per heavy atom. The lowest BCUT2D eigenvalue weighted by Crippen LogP contribution is -2.08. The fourth-order valence-corrected chi connectivity index (χ4v) is 1.29. The van der Waals surface area contributed by atoms with Crippen LogP contribution in [0.1, 0.15) is 11.4 Å². The van der Waals surface area contributed by atoms with Crippen molar-refractivity contribution in [2.24, 2.45) is 0 Å². The number of hydrogen-bond acceptors (Lipinski definition) is 5. The minimum atomic E-state index is 0.312. The second kappa shape index (κ2) is 4.89. The van der Waals surface area contributed by atoms with E-state index in [4.69, 9.17) is 5.26 Å². The number of anilines is 1. The lowest BCUT2D eigenvalue weighted by molar-refractivity contribution is 0.961. The van der Waals surface area contributed by atoms with Crippen LogP contribution in [0.5, 0.6) is 0 Å². The predicted molar refractivity (Wildman–Crippen MR) is 57.5 cm³/mol. The SMILES string of the molecule is N#Cc1nccnc1NCCc1cnc[nH]1. The van der Waals surface area contributed by atoms with Crippen molar-refractivity contribution in [1.82, 2.24) is 19.9 Å². The average Bonchev–Trinajstić information content (AvgIpc) is 2.83. The first-order valence-electron chi connectivity index (χ1n) is 4.82. The molecule has 0 aliphatic heterocycles. The zero-order chi connectivity index (χ0) is 11.2. The van der Waals surface area contributed by atoms with Gasteiger partial charge in [-0.05, 0) is 0 Å². The monoisotopic (exact) mass is 214 g/mol. The highest BCUT2D eigenvalue weighted by molar-refractivity contribution is 5.46. The van der Waals surface area contributed by atoms with Crippen molar-refractivity contribution in [3.63, 3.8) is 0 Å². The minimum absolute atomic E-state index is 0.312. The fraction of sp³-hybridized carbons (Fsp3) is 0.200. The molecule has 0 saturated carbocycles. The summed E-state index contributed by atoms with van der Waals surface area (Å²) in [6.45, 7) is 0.676. The molecule has 2 aromatic rings. The van der Waals surface area contributed by atoms with E-state index in [1.54, 1.807) is 18.7 Å². The maximum atomic E-state index is 8.79. The molecule has 2 N–H and O–H groups in total. The second-order valence-electron chi connectivity index (χ2n) is 3.12. The molecule has 0 saturated heterocycles. The van der Waals surface area contributed by atoms with Gasteiger partial charge >= 0.3 is 0 Å². The number of aromatic nitrogens is 4. The van der Waals surface area contributed by atoms with E-state index in [0.29, 0.717) is 18.1 Å². The van der Waals surface area contributed by atoms with E-state index in [2.05, 4.69) is 25.3 Å². The Labute approximate surface area is 92.4 Å². The van der Waals surface area contributed by atoms with Crippen LogP contribution in [-0.2, 0) is 6.42 Å². The van der Waals surface area contributed by atoms with Crippen molar-refractivity contribution >= 4 is 5.82 Å². The Kier molecular flexibility index (Phi) is 3.09. The summed E-state index contributed by atoms with van der Waals surface area (Å²) in [4.78, 5) is 14.9.